The van der Waals surface area contributed by atoms with Crippen LogP contribution in [0.4, 0.5) is 0 Å². The smallest absolute Gasteiger partial charge is 0.335 e. The summed E-state index contributed by atoms with van der Waals surface area (Å²) in [6.07, 6.45) is 2.81. The molecule has 1 saturated heterocycles. The minimum Gasteiger partial charge on any atom is -0.479 e. The number of aliphatic hydroxyl groups excluding tert-OH is 1. The number of hydrogen-bond acceptors (Lipinski definition) is 4. The topological polar surface area (TPSA) is 107 Å². The number of unbranched alkanes of at least 4 members (excludes halogenated alkanes) is 3. The Labute approximate surface area is 131 Å². The molecule has 0 aliphatic carbocycles. The van der Waals surface area contributed by atoms with Crippen LogP contribution in [0.15, 0.2) is 0 Å². The number of hydrogen-bond donors (Lipinski definition) is 4. The Kier molecular flexibility index (Phi) is 5.98. The maximum absolute atomic E-state index is 12.3. The van der Waals surface area contributed by atoms with Crippen LogP contribution < -0.4 is 5.32 Å². The number of carboxylic acid groups (broad SMARTS) is 1. The van der Waals surface area contributed by atoms with Crippen LogP contribution in [0.1, 0.15) is 59.8 Å². The average Bonchev–Trinajstić information content (AvgIpc) is 2.62. The Morgan fingerprint density at radius 2 is 1.91 bits per heavy atom. The van der Waals surface area contributed by atoms with Crippen LogP contribution in [0.3, 0.4) is 0 Å². The molecule has 1 heterocycles. The minimum atomic E-state index is -2.06. The molecule has 1 unspecified atom stereocenters. The fraction of sp³-hybridized carbons (Fsp3) is 0.875. The minimum absolute atomic E-state index is 0.415. The third kappa shape index (κ3) is 2.99. The number of carboxylic acids is 1. The fourth-order valence-corrected chi connectivity index (χ4v) is 3.40. The first-order valence-corrected chi connectivity index (χ1v) is 8.08. The van der Waals surface area contributed by atoms with Crippen LogP contribution in [-0.4, -0.2) is 44.4 Å². The molecule has 6 heteroatoms. The fourth-order valence-electron chi connectivity index (χ4n) is 3.40. The van der Waals surface area contributed by atoms with Gasteiger partial charge in [0.05, 0.1) is 12.0 Å². The summed E-state index contributed by atoms with van der Waals surface area (Å²) in [7, 11) is 0. The van der Waals surface area contributed by atoms with Gasteiger partial charge in [-0.3, -0.25) is 4.79 Å². The van der Waals surface area contributed by atoms with Gasteiger partial charge in [-0.05, 0) is 19.3 Å². The van der Waals surface area contributed by atoms with Crippen molar-refractivity contribution in [3.05, 3.63) is 0 Å². The van der Waals surface area contributed by atoms with Gasteiger partial charge in [0.1, 0.15) is 5.60 Å². The molecular weight excluding hydrogens is 286 g/mol. The SMILES string of the molecule is CCCCCC[C@@H]1C(=O)NC(C(=O)O)([C@@H](O)C(C)C)[C@@]1(C)O. The lowest BCUT2D eigenvalue weighted by Crippen LogP contribution is -2.70. The predicted octanol–water partition coefficient (Wildman–Crippen LogP) is 1.29. The van der Waals surface area contributed by atoms with Crippen LogP contribution in [0.25, 0.3) is 0 Å². The van der Waals surface area contributed by atoms with Gasteiger partial charge in [-0.25, -0.2) is 4.79 Å². The Balaban J connectivity index is 3.07. The van der Waals surface area contributed by atoms with Gasteiger partial charge in [-0.15, -0.1) is 0 Å². The van der Waals surface area contributed by atoms with Crippen LogP contribution in [0, 0.1) is 11.8 Å². The van der Waals surface area contributed by atoms with E-state index < -0.39 is 41.0 Å². The molecule has 1 rings (SSSR count). The molecule has 4 N–H and O–H groups in total. The maximum Gasteiger partial charge on any atom is 0.335 e. The van der Waals surface area contributed by atoms with Crippen molar-refractivity contribution in [1.82, 2.24) is 5.32 Å². The summed E-state index contributed by atoms with van der Waals surface area (Å²) < 4.78 is 0. The van der Waals surface area contributed by atoms with Gasteiger partial charge in [-0.2, -0.15) is 0 Å². The third-order valence-corrected chi connectivity index (χ3v) is 4.87. The molecule has 0 saturated carbocycles. The Morgan fingerprint density at radius 3 is 2.36 bits per heavy atom. The van der Waals surface area contributed by atoms with Crippen LogP contribution >= 0.6 is 0 Å². The zero-order valence-corrected chi connectivity index (χ0v) is 13.9. The highest BCUT2D eigenvalue weighted by Crippen LogP contribution is 2.43. The molecule has 22 heavy (non-hydrogen) atoms. The second-order valence-electron chi connectivity index (χ2n) is 6.84. The van der Waals surface area contributed by atoms with Gasteiger partial charge in [0.2, 0.25) is 5.91 Å². The van der Waals surface area contributed by atoms with Crippen LogP contribution in [0.5, 0.6) is 0 Å². The summed E-state index contributed by atoms with van der Waals surface area (Å²) in [5.41, 5.74) is -3.90. The highest BCUT2D eigenvalue weighted by atomic mass is 16.4. The molecule has 0 radical (unpaired) electrons. The van der Waals surface area contributed by atoms with Gasteiger partial charge >= 0.3 is 5.97 Å². The van der Waals surface area contributed by atoms with Crippen molar-refractivity contribution in [2.45, 2.75) is 77.0 Å². The normalized spacial score (nSPS) is 33.0. The van der Waals surface area contributed by atoms with E-state index in [0.29, 0.717) is 6.42 Å². The molecule has 1 amide bonds. The molecule has 1 aliphatic rings. The second-order valence-corrected chi connectivity index (χ2v) is 6.84. The summed E-state index contributed by atoms with van der Waals surface area (Å²) in [6, 6.07) is 0. The van der Waals surface area contributed by atoms with E-state index in [4.69, 9.17) is 0 Å². The van der Waals surface area contributed by atoms with Crippen molar-refractivity contribution in [1.29, 1.82) is 0 Å². The number of nitrogens with one attached hydrogen (secondary N) is 1. The quantitative estimate of drug-likeness (QED) is 0.505. The van der Waals surface area contributed by atoms with Gasteiger partial charge in [0.25, 0.3) is 0 Å². The van der Waals surface area contributed by atoms with Gasteiger partial charge < -0.3 is 20.6 Å². The highest BCUT2D eigenvalue weighted by molar-refractivity contribution is 5.95. The first kappa shape index (κ1) is 18.9. The number of aliphatic carboxylic acids is 1. The molecule has 0 aromatic rings. The molecule has 0 aromatic heterocycles. The summed E-state index contributed by atoms with van der Waals surface area (Å²) in [5.74, 6) is -3.14. The maximum atomic E-state index is 12.3. The highest BCUT2D eigenvalue weighted by Gasteiger charge is 2.68. The lowest BCUT2D eigenvalue weighted by atomic mass is 9.69. The summed E-state index contributed by atoms with van der Waals surface area (Å²) >= 11 is 0. The number of rotatable bonds is 8. The molecule has 1 fully saturated rings. The van der Waals surface area contributed by atoms with Gasteiger partial charge in [0.15, 0.2) is 5.54 Å². The molecule has 6 nitrogen and oxygen atoms in total. The standard InChI is InChI=1S/C16H29NO5/c1-5-6-7-8-9-11-13(19)17-16(14(20)21,15(11,4)22)12(18)10(2)3/h10-12,18,22H,5-9H2,1-4H3,(H,17,19)(H,20,21)/t11-,12+,15+,16?/m1/s1. The van der Waals surface area contributed by atoms with Gasteiger partial charge in [-0.1, -0.05) is 46.5 Å². The number of carbonyl (C=O) groups is 2. The first-order valence-electron chi connectivity index (χ1n) is 8.08. The van der Waals surface area contributed by atoms with E-state index in [1.54, 1.807) is 13.8 Å². The van der Waals surface area contributed by atoms with Crippen molar-refractivity contribution in [2.75, 3.05) is 0 Å². The molecular formula is C16H29NO5. The molecule has 0 bridgehead atoms. The second kappa shape index (κ2) is 6.96. The van der Waals surface area contributed by atoms with E-state index in [9.17, 15) is 24.9 Å². The Hall–Kier alpha value is -1.14. The van der Waals surface area contributed by atoms with E-state index >= 15 is 0 Å². The molecule has 0 spiro atoms. The molecule has 1 aliphatic heterocycles. The van der Waals surface area contributed by atoms with E-state index in [1.807, 2.05) is 0 Å². The van der Waals surface area contributed by atoms with E-state index in [0.717, 1.165) is 25.7 Å². The zero-order valence-electron chi connectivity index (χ0n) is 13.9. The largest absolute Gasteiger partial charge is 0.479 e. The van der Waals surface area contributed by atoms with E-state index in [-0.39, 0.29) is 0 Å². The number of aliphatic hydroxyl groups is 2. The monoisotopic (exact) mass is 315 g/mol. The molecule has 128 valence electrons. The Morgan fingerprint density at radius 1 is 1.32 bits per heavy atom. The third-order valence-electron chi connectivity index (χ3n) is 4.87. The van der Waals surface area contributed by atoms with E-state index in [2.05, 4.69) is 12.2 Å². The van der Waals surface area contributed by atoms with Crippen LogP contribution in [-0.2, 0) is 9.59 Å². The lowest BCUT2D eigenvalue weighted by molar-refractivity contribution is -0.170. The van der Waals surface area contributed by atoms with Gasteiger partial charge in [0, 0.05) is 0 Å². The lowest BCUT2D eigenvalue weighted by Gasteiger charge is -2.42. The molecule has 4 atom stereocenters. The summed E-state index contributed by atoms with van der Waals surface area (Å²) in [6.45, 7) is 6.74. The number of carbonyl (C=O) groups excluding carboxylic acids is 1. The Bertz CT molecular complexity index is 421. The number of amides is 1. The van der Waals surface area contributed by atoms with Crippen LogP contribution in [0.2, 0.25) is 0 Å². The van der Waals surface area contributed by atoms with Crippen molar-refractivity contribution in [3.8, 4) is 0 Å². The zero-order chi connectivity index (χ0) is 17.1. The van der Waals surface area contributed by atoms with Crippen molar-refractivity contribution in [3.63, 3.8) is 0 Å². The first-order chi connectivity index (χ1) is 10.1. The summed E-state index contributed by atoms with van der Waals surface area (Å²) in [5, 5.41) is 33.2. The van der Waals surface area contributed by atoms with Crippen molar-refractivity contribution >= 4 is 11.9 Å². The average molecular weight is 315 g/mol. The summed E-state index contributed by atoms with van der Waals surface area (Å²) in [4.78, 5) is 24.1. The van der Waals surface area contributed by atoms with Crippen molar-refractivity contribution < 1.29 is 24.9 Å². The van der Waals surface area contributed by atoms with Crippen molar-refractivity contribution in [2.24, 2.45) is 11.8 Å². The predicted molar refractivity (Wildman–Crippen MR) is 82.2 cm³/mol. The van der Waals surface area contributed by atoms with E-state index in [1.165, 1.54) is 6.92 Å². The molecule has 0 aromatic carbocycles.